The van der Waals surface area contributed by atoms with E-state index in [-0.39, 0.29) is 17.4 Å². The predicted octanol–water partition coefficient (Wildman–Crippen LogP) is 3.13. The first-order valence-electron chi connectivity index (χ1n) is 8.48. The Morgan fingerprint density at radius 2 is 1.85 bits per heavy atom. The summed E-state index contributed by atoms with van der Waals surface area (Å²) < 4.78 is 28.8. The van der Waals surface area contributed by atoms with Crippen molar-refractivity contribution in [1.29, 1.82) is 0 Å². The first-order valence-corrected chi connectivity index (χ1v) is 11.2. The zero-order chi connectivity index (χ0) is 19.3. The first-order chi connectivity index (χ1) is 13.0. The molecule has 1 amide bonds. The van der Waals surface area contributed by atoms with Crippen LogP contribution in [-0.4, -0.2) is 43.9 Å². The minimum Gasteiger partial charge on any atom is -0.497 e. The number of benzene rings is 2. The zero-order valence-corrected chi connectivity index (χ0v) is 16.6. The molecule has 5 nitrogen and oxygen atoms in total. The monoisotopic (exact) mass is 403 g/mol. The van der Waals surface area contributed by atoms with Crippen molar-refractivity contribution in [3.63, 3.8) is 0 Å². The van der Waals surface area contributed by atoms with E-state index < -0.39 is 15.9 Å². The number of carbonyl (C=O) groups excluding carboxylic acids is 1. The highest BCUT2D eigenvalue weighted by Gasteiger charge is 2.30. The number of sulfone groups is 1. The maximum atomic E-state index is 12.9. The quantitative estimate of drug-likeness (QED) is 0.665. The van der Waals surface area contributed by atoms with E-state index in [1.807, 2.05) is 54.6 Å². The minimum absolute atomic E-state index is 0.0568. The molecule has 1 heterocycles. The fraction of sp³-hybridized carbons (Fsp3) is 0.250. The normalized spacial score (nSPS) is 17.6. The molecule has 0 saturated heterocycles. The van der Waals surface area contributed by atoms with E-state index in [1.165, 1.54) is 17.2 Å². The summed E-state index contributed by atoms with van der Waals surface area (Å²) in [6.45, 7) is 0.382. The second-order valence-electron chi connectivity index (χ2n) is 6.20. The fourth-order valence-corrected chi connectivity index (χ4v) is 4.91. The smallest absolute Gasteiger partial charge is 0.233 e. The van der Waals surface area contributed by atoms with Gasteiger partial charge in [-0.2, -0.15) is 0 Å². The third-order valence-corrected chi connectivity index (χ3v) is 6.62. The maximum Gasteiger partial charge on any atom is 0.233 e. The van der Waals surface area contributed by atoms with Gasteiger partial charge in [0.15, 0.2) is 9.84 Å². The standard InChI is InChI=1S/C20H21NO4S2/c1-25-18-7-9-19(10-8-18)26-14-20(22)21(13-16-5-3-2-4-6-16)17-11-12-27(23,24)15-17/h2-12,17H,13-15H2,1H3/t17-/m0/s1. The van der Waals surface area contributed by atoms with Crippen LogP contribution in [0, 0.1) is 0 Å². The average molecular weight is 404 g/mol. The summed E-state index contributed by atoms with van der Waals surface area (Å²) in [5.74, 6) is 0.853. The molecule has 0 fully saturated rings. The lowest BCUT2D eigenvalue weighted by molar-refractivity contribution is -0.130. The van der Waals surface area contributed by atoms with E-state index in [4.69, 9.17) is 4.74 Å². The van der Waals surface area contributed by atoms with Crippen LogP contribution in [-0.2, 0) is 21.2 Å². The lowest BCUT2D eigenvalue weighted by atomic mass is 10.2. The van der Waals surface area contributed by atoms with Gasteiger partial charge in [-0.3, -0.25) is 4.79 Å². The minimum atomic E-state index is -3.24. The number of carbonyl (C=O) groups is 1. The van der Waals surface area contributed by atoms with E-state index in [0.29, 0.717) is 6.54 Å². The van der Waals surface area contributed by atoms with Crippen LogP contribution in [0.15, 0.2) is 71.0 Å². The Balaban J connectivity index is 1.70. The Morgan fingerprint density at radius 3 is 2.44 bits per heavy atom. The van der Waals surface area contributed by atoms with Gasteiger partial charge in [-0.25, -0.2) is 8.42 Å². The largest absolute Gasteiger partial charge is 0.497 e. The second kappa shape index (κ2) is 8.63. The number of nitrogens with zero attached hydrogens (tertiary/aromatic N) is 1. The van der Waals surface area contributed by atoms with Crippen LogP contribution in [0.2, 0.25) is 0 Å². The Bertz CT molecular complexity index is 909. The van der Waals surface area contributed by atoms with Crippen LogP contribution >= 0.6 is 11.8 Å². The summed E-state index contributed by atoms with van der Waals surface area (Å²) in [6.07, 6.45) is 1.61. The highest BCUT2D eigenvalue weighted by atomic mass is 32.2. The van der Waals surface area contributed by atoms with Gasteiger partial charge >= 0.3 is 0 Å². The van der Waals surface area contributed by atoms with E-state index in [0.717, 1.165) is 16.2 Å². The lowest BCUT2D eigenvalue weighted by Gasteiger charge is -2.27. The SMILES string of the molecule is COc1ccc(SCC(=O)N(Cc2ccccc2)[C@H]2C=CS(=O)(=O)C2)cc1. The molecule has 0 spiro atoms. The summed E-state index contributed by atoms with van der Waals surface area (Å²) in [5, 5.41) is 1.21. The third kappa shape index (κ3) is 5.37. The van der Waals surface area contributed by atoms with Gasteiger partial charge in [0, 0.05) is 16.8 Å². The highest BCUT2D eigenvalue weighted by Crippen LogP contribution is 2.24. The van der Waals surface area contributed by atoms with Gasteiger partial charge in [0.2, 0.25) is 5.91 Å². The Morgan fingerprint density at radius 1 is 1.15 bits per heavy atom. The number of amides is 1. The summed E-state index contributed by atoms with van der Waals surface area (Å²) in [4.78, 5) is 15.5. The van der Waals surface area contributed by atoms with Crippen molar-refractivity contribution in [1.82, 2.24) is 4.90 Å². The number of rotatable bonds is 7. The van der Waals surface area contributed by atoms with Gasteiger partial charge in [0.25, 0.3) is 0 Å². The molecule has 1 atom stereocenters. The molecular formula is C20H21NO4S2. The molecule has 0 radical (unpaired) electrons. The molecule has 0 aromatic heterocycles. The number of hydrogen-bond acceptors (Lipinski definition) is 5. The molecule has 0 saturated carbocycles. The van der Waals surface area contributed by atoms with Gasteiger partial charge in [0.1, 0.15) is 5.75 Å². The summed E-state index contributed by atoms with van der Waals surface area (Å²) in [7, 11) is -1.63. The third-order valence-electron chi connectivity index (χ3n) is 4.25. The number of ether oxygens (including phenoxy) is 1. The summed E-state index contributed by atoms with van der Waals surface area (Å²) in [6, 6.07) is 16.7. The Kier molecular flexibility index (Phi) is 6.23. The Labute approximate surface area is 163 Å². The maximum absolute atomic E-state index is 12.9. The number of methoxy groups -OCH3 is 1. The van der Waals surface area contributed by atoms with E-state index >= 15 is 0 Å². The van der Waals surface area contributed by atoms with Crippen LogP contribution < -0.4 is 4.74 Å². The fourth-order valence-electron chi connectivity index (χ4n) is 2.82. The van der Waals surface area contributed by atoms with Crippen LogP contribution in [0.1, 0.15) is 5.56 Å². The molecular weight excluding hydrogens is 382 g/mol. The first kappa shape index (κ1) is 19.5. The zero-order valence-electron chi connectivity index (χ0n) is 14.9. The molecule has 2 aromatic rings. The van der Waals surface area contributed by atoms with Crippen LogP contribution in [0.25, 0.3) is 0 Å². The molecule has 3 rings (SSSR count). The highest BCUT2D eigenvalue weighted by molar-refractivity contribution is 8.00. The van der Waals surface area contributed by atoms with Gasteiger partial charge in [-0.1, -0.05) is 30.3 Å². The van der Waals surface area contributed by atoms with Crippen molar-refractivity contribution in [3.8, 4) is 5.75 Å². The molecule has 142 valence electrons. The molecule has 2 aromatic carbocycles. The number of hydrogen-bond donors (Lipinski definition) is 0. The average Bonchev–Trinajstić information content (AvgIpc) is 3.05. The van der Waals surface area contributed by atoms with Crippen molar-refractivity contribution in [2.75, 3.05) is 18.6 Å². The van der Waals surface area contributed by atoms with E-state index in [1.54, 1.807) is 18.1 Å². The number of thioether (sulfide) groups is 1. The molecule has 1 aliphatic rings. The predicted molar refractivity (Wildman–Crippen MR) is 107 cm³/mol. The van der Waals surface area contributed by atoms with Gasteiger partial charge in [-0.15, -0.1) is 11.8 Å². The van der Waals surface area contributed by atoms with Crippen molar-refractivity contribution < 1.29 is 17.9 Å². The molecule has 0 bridgehead atoms. The molecule has 7 heteroatoms. The topological polar surface area (TPSA) is 63.7 Å². The van der Waals surface area contributed by atoms with Gasteiger partial charge < -0.3 is 9.64 Å². The van der Waals surface area contributed by atoms with Crippen LogP contribution in [0.4, 0.5) is 0 Å². The summed E-state index contributed by atoms with van der Waals surface area (Å²) in [5.41, 5.74) is 0.970. The van der Waals surface area contributed by atoms with Crippen LogP contribution in [0.3, 0.4) is 0 Å². The van der Waals surface area contributed by atoms with Crippen molar-refractivity contribution >= 4 is 27.5 Å². The van der Waals surface area contributed by atoms with E-state index in [2.05, 4.69) is 0 Å². The molecule has 1 aliphatic heterocycles. The summed E-state index contributed by atoms with van der Waals surface area (Å²) >= 11 is 1.42. The second-order valence-corrected chi connectivity index (χ2v) is 9.18. The molecule has 0 N–H and O–H groups in total. The molecule has 0 unspecified atom stereocenters. The van der Waals surface area contributed by atoms with Gasteiger partial charge in [0.05, 0.1) is 24.7 Å². The molecule has 27 heavy (non-hydrogen) atoms. The van der Waals surface area contributed by atoms with Crippen LogP contribution in [0.5, 0.6) is 5.75 Å². The van der Waals surface area contributed by atoms with Crippen molar-refractivity contribution in [2.24, 2.45) is 0 Å². The lowest BCUT2D eigenvalue weighted by Crippen LogP contribution is -2.41. The Hall–Kier alpha value is -2.25. The van der Waals surface area contributed by atoms with Crippen molar-refractivity contribution in [3.05, 3.63) is 71.6 Å². The van der Waals surface area contributed by atoms with E-state index in [9.17, 15) is 13.2 Å². The van der Waals surface area contributed by atoms with Gasteiger partial charge in [-0.05, 0) is 35.9 Å². The van der Waals surface area contributed by atoms with Crippen molar-refractivity contribution in [2.45, 2.75) is 17.5 Å². The molecule has 0 aliphatic carbocycles.